The lowest BCUT2D eigenvalue weighted by molar-refractivity contribution is -0.126. The number of hydrogen-bond donors (Lipinski definition) is 2. The molecule has 28 heavy (non-hydrogen) atoms. The number of hydrogen-bond acceptors (Lipinski definition) is 3. The first-order chi connectivity index (χ1) is 13.6. The molecule has 0 radical (unpaired) electrons. The standard InChI is InChI=1S/C23H29N3O2/c1-18-12-15-26(16-13-18)21-9-7-20(8-10-21)25-23(28)17-22(27)24-14-11-19-5-3-2-4-6-19/h2-10,18H,11-17H2,1H3,(H,24,27)(H,25,28). The van der Waals surface area contributed by atoms with Crippen molar-refractivity contribution in [2.45, 2.75) is 32.6 Å². The van der Waals surface area contributed by atoms with Crippen LogP contribution in [-0.4, -0.2) is 31.4 Å². The highest BCUT2D eigenvalue weighted by molar-refractivity contribution is 6.03. The molecule has 0 aromatic heterocycles. The van der Waals surface area contributed by atoms with Crippen LogP contribution < -0.4 is 15.5 Å². The van der Waals surface area contributed by atoms with Gasteiger partial charge in [-0.3, -0.25) is 9.59 Å². The van der Waals surface area contributed by atoms with Gasteiger partial charge in [0.15, 0.2) is 0 Å². The molecule has 1 aliphatic rings. The van der Waals surface area contributed by atoms with Gasteiger partial charge in [-0.1, -0.05) is 37.3 Å². The predicted molar refractivity (Wildman–Crippen MR) is 113 cm³/mol. The maximum absolute atomic E-state index is 12.1. The summed E-state index contributed by atoms with van der Waals surface area (Å²) < 4.78 is 0. The number of nitrogens with zero attached hydrogens (tertiary/aromatic N) is 1. The van der Waals surface area contributed by atoms with Gasteiger partial charge in [-0.25, -0.2) is 0 Å². The molecule has 1 fully saturated rings. The lowest BCUT2D eigenvalue weighted by Gasteiger charge is -2.32. The van der Waals surface area contributed by atoms with Crippen LogP contribution in [0.3, 0.4) is 0 Å². The van der Waals surface area contributed by atoms with Crippen molar-refractivity contribution in [3.05, 3.63) is 60.2 Å². The molecule has 2 N–H and O–H groups in total. The molecular formula is C23H29N3O2. The first-order valence-corrected chi connectivity index (χ1v) is 10.1. The normalized spacial score (nSPS) is 14.5. The third-order valence-corrected chi connectivity index (χ3v) is 5.20. The number of benzene rings is 2. The molecule has 2 aromatic carbocycles. The Balaban J connectivity index is 1.39. The second-order valence-electron chi connectivity index (χ2n) is 7.53. The van der Waals surface area contributed by atoms with E-state index >= 15 is 0 Å². The minimum Gasteiger partial charge on any atom is -0.372 e. The number of rotatable bonds is 7. The quantitative estimate of drug-likeness (QED) is 0.723. The van der Waals surface area contributed by atoms with Gasteiger partial charge in [0.05, 0.1) is 0 Å². The van der Waals surface area contributed by atoms with Crippen LogP contribution in [0, 0.1) is 5.92 Å². The van der Waals surface area contributed by atoms with Crippen LogP contribution in [0.2, 0.25) is 0 Å². The van der Waals surface area contributed by atoms with E-state index in [1.807, 2.05) is 54.6 Å². The summed E-state index contributed by atoms with van der Waals surface area (Å²) in [5.74, 6) is 0.248. The molecular weight excluding hydrogens is 350 g/mol. The van der Waals surface area contributed by atoms with Crippen molar-refractivity contribution in [3.8, 4) is 0 Å². The Bertz CT molecular complexity index is 766. The summed E-state index contributed by atoms with van der Waals surface area (Å²) in [5.41, 5.74) is 3.07. The fraction of sp³-hybridized carbons (Fsp3) is 0.391. The van der Waals surface area contributed by atoms with E-state index in [2.05, 4.69) is 22.5 Å². The predicted octanol–water partition coefficient (Wildman–Crippen LogP) is 3.61. The minimum absolute atomic E-state index is 0.166. The van der Waals surface area contributed by atoms with E-state index < -0.39 is 0 Å². The highest BCUT2D eigenvalue weighted by atomic mass is 16.2. The van der Waals surface area contributed by atoms with E-state index in [-0.39, 0.29) is 18.2 Å². The van der Waals surface area contributed by atoms with Gasteiger partial charge in [-0.15, -0.1) is 0 Å². The number of carbonyl (C=O) groups is 2. The maximum Gasteiger partial charge on any atom is 0.233 e. The molecule has 1 saturated heterocycles. The molecule has 148 valence electrons. The molecule has 0 aliphatic carbocycles. The van der Waals surface area contributed by atoms with Gasteiger partial charge >= 0.3 is 0 Å². The van der Waals surface area contributed by atoms with Crippen molar-refractivity contribution in [2.75, 3.05) is 29.9 Å². The van der Waals surface area contributed by atoms with Crippen LogP contribution in [0.5, 0.6) is 0 Å². The summed E-state index contributed by atoms with van der Waals surface area (Å²) in [7, 11) is 0. The number of nitrogens with one attached hydrogen (secondary N) is 2. The van der Waals surface area contributed by atoms with Crippen LogP contribution in [0.4, 0.5) is 11.4 Å². The average Bonchev–Trinajstić information content (AvgIpc) is 2.70. The highest BCUT2D eigenvalue weighted by Crippen LogP contribution is 2.24. The Morgan fingerprint density at radius 1 is 0.964 bits per heavy atom. The molecule has 1 heterocycles. The van der Waals surface area contributed by atoms with Crippen LogP contribution in [0.15, 0.2) is 54.6 Å². The topological polar surface area (TPSA) is 61.4 Å². The molecule has 2 amide bonds. The molecule has 0 atom stereocenters. The van der Waals surface area contributed by atoms with E-state index in [0.717, 1.165) is 36.7 Å². The van der Waals surface area contributed by atoms with Gasteiger partial charge in [-0.05, 0) is 55.0 Å². The first kappa shape index (κ1) is 19.9. The first-order valence-electron chi connectivity index (χ1n) is 10.1. The minimum atomic E-state index is -0.295. The molecule has 5 heteroatoms. The highest BCUT2D eigenvalue weighted by Gasteiger charge is 2.16. The molecule has 0 bridgehead atoms. The van der Waals surface area contributed by atoms with Gasteiger partial charge < -0.3 is 15.5 Å². The Hall–Kier alpha value is -2.82. The Kier molecular flexibility index (Phi) is 7.06. The summed E-state index contributed by atoms with van der Waals surface area (Å²) >= 11 is 0. The number of anilines is 2. The molecule has 3 rings (SSSR count). The van der Waals surface area contributed by atoms with Crippen LogP contribution in [0.1, 0.15) is 31.7 Å². The Morgan fingerprint density at radius 3 is 2.32 bits per heavy atom. The summed E-state index contributed by atoms with van der Waals surface area (Å²) in [6.45, 7) is 4.99. The van der Waals surface area contributed by atoms with Crippen molar-refractivity contribution >= 4 is 23.2 Å². The lowest BCUT2D eigenvalue weighted by Crippen LogP contribution is -2.32. The van der Waals surface area contributed by atoms with Gasteiger partial charge in [0.1, 0.15) is 6.42 Å². The summed E-state index contributed by atoms with van der Waals surface area (Å²) in [6.07, 6.45) is 3.03. The lowest BCUT2D eigenvalue weighted by atomic mass is 9.99. The van der Waals surface area contributed by atoms with Crippen molar-refractivity contribution in [1.82, 2.24) is 5.32 Å². The zero-order chi connectivity index (χ0) is 19.8. The monoisotopic (exact) mass is 379 g/mol. The average molecular weight is 380 g/mol. The molecule has 0 spiro atoms. The van der Waals surface area contributed by atoms with Crippen LogP contribution >= 0.6 is 0 Å². The smallest absolute Gasteiger partial charge is 0.233 e. The summed E-state index contributed by atoms with van der Waals surface area (Å²) in [6, 6.07) is 17.8. The summed E-state index contributed by atoms with van der Waals surface area (Å²) in [5, 5.41) is 5.60. The third kappa shape index (κ3) is 6.12. The fourth-order valence-electron chi connectivity index (χ4n) is 3.43. The van der Waals surface area contributed by atoms with Crippen molar-refractivity contribution in [1.29, 1.82) is 0 Å². The van der Waals surface area contributed by atoms with Gasteiger partial charge in [0.2, 0.25) is 11.8 Å². The van der Waals surface area contributed by atoms with Gasteiger partial charge in [0, 0.05) is 31.0 Å². The second kappa shape index (κ2) is 9.93. The van der Waals surface area contributed by atoms with E-state index in [1.54, 1.807) is 0 Å². The third-order valence-electron chi connectivity index (χ3n) is 5.20. The molecule has 0 saturated carbocycles. The van der Waals surface area contributed by atoms with Crippen LogP contribution in [0.25, 0.3) is 0 Å². The van der Waals surface area contributed by atoms with E-state index in [4.69, 9.17) is 0 Å². The zero-order valence-electron chi connectivity index (χ0n) is 16.5. The largest absolute Gasteiger partial charge is 0.372 e. The molecule has 2 aromatic rings. The van der Waals surface area contributed by atoms with Crippen LogP contribution in [-0.2, 0) is 16.0 Å². The van der Waals surface area contributed by atoms with E-state index in [9.17, 15) is 9.59 Å². The molecule has 0 unspecified atom stereocenters. The Labute approximate surface area is 167 Å². The Morgan fingerprint density at radius 2 is 1.64 bits per heavy atom. The maximum atomic E-state index is 12.1. The molecule has 1 aliphatic heterocycles. The van der Waals surface area contributed by atoms with Gasteiger partial charge in [-0.2, -0.15) is 0 Å². The van der Waals surface area contributed by atoms with E-state index in [0.29, 0.717) is 6.54 Å². The summed E-state index contributed by atoms with van der Waals surface area (Å²) in [4.78, 5) is 26.4. The molecule has 5 nitrogen and oxygen atoms in total. The van der Waals surface area contributed by atoms with Gasteiger partial charge in [0.25, 0.3) is 0 Å². The van der Waals surface area contributed by atoms with Crippen molar-refractivity contribution in [3.63, 3.8) is 0 Å². The zero-order valence-corrected chi connectivity index (χ0v) is 16.5. The fourth-order valence-corrected chi connectivity index (χ4v) is 3.43. The number of amides is 2. The number of carbonyl (C=O) groups excluding carboxylic acids is 2. The van der Waals surface area contributed by atoms with Crippen molar-refractivity contribution < 1.29 is 9.59 Å². The SMILES string of the molecule is CC1CCN(c2ccc(NC(=O)CC(=O)NCCc3ccccc3)cc2)CC1. The van der Waals surface area contributed by atoms with E-state index in [1.165, 1.54) is 18.5 Å². The second-order valence-corrected chi connectivity index (χ2v) is 7.53. The number of piperidine rings is 1. The van der Waals surface area contributed by atoms with Crippen molar-refractivity contribution in [2.24, 2.45) is 5.92 Å².